The molecule has 0 heterocycles. The summed E-state index contributed by atoms with van der Waals surface area (Å²) in [6.45, 7) is 4.24. The summed E-state index contributed by atoms with van der Waals surface area (Å²) in [5.41, 5.74) is 0. The topological polar surface area (TPSA) is 69.6 Å². The molecule has 0 aromatic rings. The molecule has 0 bridgehead atoms. The zero-order chi connectivity index (χ0) is 52.0. The van der Waals surface area contributed by atoms with Crippen LogP contribution < -0.4 is 5.32 Å². The van der Waals surface area contributed by atoms with Gasteiger partial charge in [0.1, 0.15) is 0 Å². The molecule has 72 heavy (non-hydrogen) atoms. The molecular weight excluding hydrogens is 879 g/mol. The molecule has 0 aromatic carbocycles. The Balaban J connectivity index is 3.66. The molecule has 408 valence electrons. The molecule has 0 aliphatic carbocycles. The number of allylic oxidation sites excluding steroid dienone is 24. The molecule has 0 spiro atoms. The lowest BCUT2D eigenvalue weighted by molar-refractivity contribution is -0.123. The molecule has 0 radical (unpaired) electrons. The van der Waals surface area contributed by atoms with E-state index in [0.717, 1.165) is 122 Å². The van der Waals surface area contributed by atoms with Crippen LogP contribution in [0, 0.1) is 0 Å². The number of carbonyl (C=O) groups excluding carboxylic acids is 1. The molecule has 4 heteroatoms. The second-order valence-corrected chi connectivity index (χ2v) is 19.7. The van der Waals surface area contributed by atoms with Crippen molar-refractivity contribution >= 4 is 5.91 Å². The van der Waals surface area contributed by atoms with Crippen molar-refractivity contribution in [2.24, 2.45) is 0 Å². The van der Waals surface area contributed by atoms with E-state index in [4.69, 9.17) is 0 Å². The Bertz CT molecular complexity index is 1500. The van der Waals surface area contributed by atoms with Crippen molar-refractivity contribution in [3.05, 3.63) is 146 Å². The SMILES string of the molecule is CC/C=C\C/C=C\C/C=C\C/C=C\C/C=C\C/C=C\C/C=C\C/C=C\C/C=C\C/C=C\C/C=C\C/C=C\CCCCCCC(=O)NC(CO)C(O)CCCCCCCCCCCCCCCCCCCCC. The molecule has 1 amide bonds. The second kappa shape index (κ2) is 61.6. The van der Waals surface area contributed by atoms with E-state index in [1.54, 1.807) is 0 Å². The number of hydrogen-bond donors (Lipinski definition) is 3. The van der Waals surface area contributed by atoms with Gasteiger partial charge in [0.05, 0.1) is 18.8 Å². The summed E-state index contributed by atoms with van der Waals surface area (Å²) in [4.78, 5) is 12.5. The standard InChI is InChI=1S/C68H113NO3/c1-3-5-7-9-11-13-15-17-19-21-23-24-25-26-27-28-29-30-31-32-33-34-35-36-37-38-39-40-41-42-43-44-46-48-50-52-54-56-58-60-62-64-68(72)69-66(65-70)67(71)63-61-59-57-55-53-51-49-47-45-22-20-18-16-14-12-10-8-6-4-2/h5,7,11,13,17,19,23-24,26-27,29-30,32-33,35-36,38-39,41-42,44,46,50,52,66-67,70-71H,3-4,6,8-10,12,14-16,18,20-22,25,28,31,34,37,40,43,45,47-49,51,53-65H2,1-2H3,(H,69,72)/b7-5-,13-11-,19-17-,24-23-,27-26-,30-29-,33-32-,36-35-,39-38-,42-41-,46-44-,52-50-. The average molecular weight is 993 g/mol. The van der Waals surface area contributed by atoms with Crippen LogP contribution in [0.1, 0.15) is 258 Å². The lowest BCUT2D eigenvalue weighted by Crippen LogP contribution is -2.45. The summed E-state index contributed by atoms with van der Waals surface area (Å²) in [7, 11) is 0. The molecule has 0 rings (SSSR count). The van der Waals surface area contributed by atoms with E-state index in [0.29, 0.717) is 12.8 Å². The smallest absolute Gasteiger partial charge is 0.220 e. The number of aliphatic hydroxyl groups excluding tert-OH is 2. The molecule has 0 saturated carbocycles. The first kappa shape index (κ1) is 68.3. The van der Waals surface area contributed by atoms with Crippen molar-refractivity contribution in [3.63, 3.8) is 0 Å². The van der Waals surface area contributed by atoms with Gasteiger partial charge in [0.2, 0.25) is 5.91 Å². The van der Waals surface area contributed by atoms with Gasteiger partial charge in [-0.05, 0) is 103 Å². The van der Waals surface area contributed by atoms with Crippen LogP contribution in [0.5, 0.6) is 0 Å². The molecule has 0 aliphatic heterocycles. The van der Waals surface area contributed by atoms with E-state index >= 15 is 0 Å². The third-order valence-electron chi connectivity index (χ3n) is 12.9. The summed E-state index contributed by atoms with van der Waals surface area (Å²) in [5.74, 6) is -0.0597. The third kappa shape index (κ3) is 57.2. The number of hydrogen-bond acceptors (Lipinski definition) is 3. The Morgan fingerprint density at radius 3 is 0.917 bits per heavy atom. The van der Waals surface area contributed by atoms with Crippen LogP contribution in [0.4, 0.5) is 0 Å². The maximum absolute atomic E-state index is 12.5. The van der Waals surface area contributed by atoms with Crippen LogP contribution in [-0.2, 0) is 4.79 Å². The highest BCUT2D eigenvalue weighted by Crippen LogP contribution is 2.16. The van der Waals surface area contributed by atoms with E-state index in [1.807, 2.05) is 0 Å². The van der Waals surface area contributed by atoms with Gasteiger partial charge in [-0.15, -0.1) is 0 Å². The lowest BCUT2D eigenvalue weighted by Gasteiger charge is -2.22. The van der Waals surface area contributed by atoms with Crippen molar-refractivity contribution in [3.8, 4) is 0 Å². The fourth-order valence-electron chi connectivity index (χ4n) is 8.34. The first-order chi connectivity index (χ1) is 35.7. The number of aliphatic hydroxyl groups is 2. The minimum Gasteiger partial charge on any atom is -0.394 e. The molecule has 4 nitrogen and oxygen atoms in total. The Hall–Kier alpha value is -3.73. The van der Waals surface area contributed by atoms with Crippen LogP contribution in [0.25, 0.3) is 0 Å². The van der Waals surface area contributed by atoms with Gasteiger partial charge in [0.25, 0.3) is 0 Å². The quantitative estimate of drug-likeness (QED) is 0.0420. The van der Waals surface area contributed by atoms with E-state index < -0.39 is 12.1 Å². The van der Waals surface area contributed by atoms with Crippen LogP contribution in [0.2, 0.25) is 0 Å². The zero-order valence-electron chi connectivity index (χ0n) is 46.9. The van der Waals surface area contributed by atoms with Gasteiger partial charge in [-0.25, -0.2) is 0 Å². The van der Waals surface area contributed by atoms with Gasteiger partial charge in [0.15, 0.2) is 0 Å². The third-order valence-corrected chi connectivity index (χ3v) is 12.9. The molecule has 0 fully saturated rings. The molecule has 0 aliphatic rings. The highest BCUT2D eigenvalue weighted by molar-refractivity contribution is 5.76. The minimum absolute atomic E-state index is 0.0597. The van der Waals surface area contributed by atoms with Crippen molar-refractivity contribution < 1.29 is 15.0 Å². The molecule has 3 N–H and O–H groups in total. The van der Waals surface area contributed by atoms with Gasteiger partial charge in [-0.3, -0.25) is 4.79 Å². The Labute approximate surface area is 446 Å². The van der Waals surface area contributed by atoms with Gasteiger partial charge in [-0.2, -0.15) is 0 Å². The molecule has 2 atom stereocenters. The number of amides is 1. The van der Waals surface area contributed by atoms with Gasteiger partial charge in [0, 0.05) is 6.42 Å². The predicted octanol–water partition coefficient (Wildman–Crippen LogP) is 20.4. The Morgan fingerprint density at radius 1 is 0.347 bits per heavy atom. The van der Waals surface area contributed by atoms with Crippen LogP contribution in [0.3, 0.4) is 0 Å². The fourth-order valence-corrected chi connectivity index (χ4v) is 8.34. The largest absolute Gasteiger partial charge is 0.394 e. The van der Waals surface area contributed by atoms with E-state index in [2.05, 4.69) is 165 Å². The number of rotatable bonds is 53. The minimum atomic E-state index is -0.681. The summed E-state index contributed by atoms with van der Waals surface area (Å²) >= 11 is 0. The van der Waals surface area contributed by atoms with Gasteiger partial charge in [-0.1, -0.05) is 295 Å². The second-order valence-electron chi connectivity index (χ2n) is 19.7. The first-order valence-electron chi connectivity index (χ1n) is 30.0. The first-order valence-corrected chi connectivity index (χ1v) is 30.0. The van der Waals surface area contributed by atoms with E-state index in [1.165, 1.54) is 109 Å². The Morgan fingerprint density at radius 2 is 0.611 bits per heavy atom. The van der Waals surface area contributed by atoms with Crippen molar-refractivity contribution in [1.82, 2.24) is 5.32 Å². The number of unbranched alkanes of at least 4 members (excludes halogenated alkanes) is 22. The maximum atomic E-state index is 12.5. The number of carbonyl (C=O) groups is 1. The zero-order valence-corrected chi connectivity index (χ0v) is 46.9. The van der Waals surface area contributed by atoms with Crippen LogP contribution in [0.15, 0.2) is 146 Å². The molecule has 2 unspecified atom stereocenters. The van der Waals surface area contributed by atoms with Crippen molar-refractivity contribution in [2.75, 3.05) is 6.61 Å². The summed E-state index contributed by atoms with van der Waals surface area (Å²) in [5, 5.41) is 23.3. The summed E-state index contributed by atoms with van der Waals surface area (Å²) in [6.07, 6.45) is 96.9. The Kier molecular flexibility index (Phi) is 58.4. The van der Waals surface area contributed by atoms with E-state index in [-0.39, 0.29) is 12.5 Å². The molecule has 0 aromatic heterocycles. The summed E-state index contributed by atoms with van der Waals surface area (Å²) < 4.78 is 0. The average Bonchev–Trinajstić information content (AvgIpc) is 3.39. The van der Waals surface area contributed by atoms with Gasteiger partial charge < -0.3 is 15.5 Å². The van der Waals surface area contributed by atoms with Crippen molar-refractivity contribution in [2.45, 2.75) is 270 Å². The van der Waals surface area contributed by atoms with Crippen LogP contribution in [-0.4, -0.2) is 34.9 Å². The maximum Gasteiger partial charge on any atom is 0.220 e. The number of nitrogens with one attached hydrogen (secondary N) is 1. The highest BCUT2D eigenvalue weighted by atomic mass is 16.3. The normalized spacial score (nSPS) is 13.9. The van der Waals surface area contributed by atoms with Gasteiger partial charge >= 0.3 is 0 Å². The predicted molar refractivity (Wildman–Crippen MR) is 321 cm³/mol. The molecular formula is C68H113NO3. The fraction of sp³-hybridized carbons (Fsp3) is 0.632. The summed E-state index contributed by atoms with van der Waals surface area (Å²) in [6, 6.07) is -0.561. The lowest BCUT2D eigenvalue weighted by atomic mass is 10.0. The highest BCUT2D eigenvalue weighted by Gasteiger charge is 2.20. The van der Waals surface area contributed by atoms with E-state index in [9.17, 15) is 15.0 Å². The molecule has 0 saturated heterocycles. The van der Waals surface area contributed by atoms with Crippen molar-refractivity contribution in [1.29, 1.82) is 0 Å². The van der Waals surface area contributed by atoms with Crippen LogP contribution >= 0.6 is 0 Å². The monoisotopic (exact) mass is 992 g/mol.